The second-order valence-electron chi connectivity index (χ2n) is 16.2. The van der Waals surface area contributed by atoms with Gasteiger partial charge in [0.1, 0.15) is 36.2 Å². The highest BCUT2D eigenvalue weighted by atomic mass is 19.1. The summed E-state index contributed by atoms with van der Waals surface area (Å²) in [5, 5.41) is 10.8. The Morgan fingerprint density at radius 3 is 2.18 bits per heavy atom. The Balaban J connectivity index is 1.15. The number of fused-ring (bicyclic) bond motifs is 1. The van der Waals surface area contributed by atoms with Gasteiger partial charge in [-0.25, -0.2) is 14.0 Å². The number of hydrogen-bond donors (Lipinski definition) is 4. The van der Waals surface area contributed by atoms with Gasteiger partial charge in [0.25, 0.3) is 11.8 Å². The van der Waals surface area contributed by atoms with E-state index < -0.39 is 65.4 Å². The van der Waals surface area contributed by atoms with Gasteiger partial charge in [-0.1, -0.05) is 54.6 Å². The molecule has 2 unspecified atom stereocenters. The molecule has 2 aliphatic rings. The second-order valence-corrected chi connectivity index (χ2v) is 16.2. The fourth-order valence-electron chi connectivity index (χ4n) is 7.11. The number of amides is 6. The molecular weight excluding hydrogens is 800 g/mol. The van der Waals surface area contributed by atoms with Crippen molar-refractivity contribution < 1.29 is 47.4 Å². The van der Waals surface area contributed by atoms with E-state index in [9.17, 15) is 28.8 Å². The third-order valence-electron chi connectivity index (χ3n) is 10.6. The molecule has 15 nitrogen and oxygen atoms in total. The van der Waals surface area contributed by atoms with Crippen LogP contribution in [-0.4, -0.2) is 83.6 Å². The van der Waals surface area contributed by atoms with E-state index in [4.69, 9.17) is 14.2 Å². The Hall–Kier alpha value is -6.81. The zero-order valence-corrected chi connectivity index (χ0v) is 35.2. The SMILES string of the molecule is CC(C(=O)NC(C(=O)N1Cc2ccccc2[C@H]1C(=O)Nc1cc(C(=O)Nc2ccc(NC(=O)OCc3ccccc3)cc2)ccc1F)C1CCOCC1)N(C)C(=O)OC(C)(C)C. The normalized spacial score (nSPS) is 15.9. The highest BCUT2D eigenvalue weighted by molar-refractivity contribution is 6.06. The molecule has 4 N–H and O–H groups in total. The van der Waals surface area contributed by atoms with Crippen LogP contribution in [0.15, 0.2) is 97.1 Å². The second kappa shape index (κ2) is 19.7. The number of ether oxygens (including phenoxy) is 3. The van der Waals surface area contributed by atoms with Crippen molar-refractivity contribution in [2.75, 3.05) is 36.2 Å². The van der Waals surface area contributed by atoms with Gasteiger partial charge in [0.15, 0.2) is 0 Å². The van der Waals surface area contributed by atoms with Crippen molar-refractivity contribution >= 4 is 52.9 Å². The standard InChI is InChI=1S/C46H51FN6O9/c1-28(52(5)45(59)62-46(2,3)4)40(54)51-38(30-21-23-60-24-22-30)43(57)53-26-32-13-9-10-14-35(32)39(53)42(56)50-37-25-31(15-20-36(37)47)41(55)48-33-16-18-34(19-17-33)49-44(58)61-27-29-11-7-6-8-12-29/h6-20,25,28,30,38-39H,21-24,26-27H2,1-5H3,(H,48,55)(H,49,58)(H,50,56)(H,51,54)/t28?,38?,39-/m0/s1. The minimum absolute atomic E-state index is 0.0286. The molecule has 6 amide bonds. The van der Waals surface area contributed by atoms with E-state index in [2.05, 4.69) is 21.3 Å². The predicted molar refractivity (Wildman–Crippen MR) is 228 cm³/mol. The van der Waals surface area contributed by atoms with E-state index in [-0.39, 0.29) is 30.3 Å². The molecule has 6 rings (SSSR count). The highest BCUT2D eigenvalue weighted by Crippen LogP contribution is 2.37. The van der Waals surface area contributed by atoms with Gasteiger partial charge in [-0.3, -0.25) is 29.4 Å². The largest absolute Gasteiger partial charge is 0.444 e. The number of benzene rings is 4. The zero-order valence-electron chi connectivity index (χ0n) is 35.2. The van der Waals surface area contributed by atoms with Crippen molar-refractivity contribution in [3.63, 3.8) is 0 Å². The van der Waals surface area contributed by atoms with Crippen molar-refractivity contribution in [3.05, 3.63) is 125 Å². The summed E-state index contributed by atoms with van der Waals surface area (Å²) in [5.74, 6) is -3.64. The summed E-state index contributed by atoms with van der Waals surface area (Å²) in [6.45, 7) is 7.51. The molecule has 1 fully saturated rings. The van der Waals surface area contributed by atoms with Crippen molar-refractivity contribution in [1.82, 2.24) is 15.1 Å². The van der Waals surface area contributed by atoms with Crippen molar-refractivity contribution in [2.24, 2.45) is 5.92 Å². The predicted octanol–water partition coefficient (Wildman–Crippen LogP) is 7.02. The first-order valence-corrected chi connectivity index (χ1v) is 20.3. The molecule has 0 aliphatic carbocycles. The van der Waals surface area contributed by atoms with Crippen molar-refractivity contribution in [3.8, 4) is 0 Å². The number of carbonyl (C=O) groups excluding carboxylic acids is 6. The van der Waals surface area contributed by atoms with E-state index in [0.29, 0.717) is 48.6 Å². The van der Waals surface area contributed by atoms with E-state index in [0.717, 1.165) is 16.5 Å². The molecule has 3 atom stereocenters. The Kier molecular flexibility index (Phi) is 14.2. The molecule has 4 aromatic carbocycles. The molecule has 62 heavy (non-hydrogen) atoms. The lowest BCUT2D eigenvalue weighted by atomic mass is 9.90. The lowest BCUT2D eigenvalue weighted by Crippen LogP contribution is -2.57. The van der Waals surface area contributed by atoms with Crippen LogP contribution in [0, 0.1) is 11.7 Å². The summed E-state index contributed by atoms with van der Waals surface area (Å²) in [4.78, 5) is 83.6. The van der Waals surface area contributed by atoms with Gasteiger partial charge < -0.3 is 35.1 Å². The maximum absolute atomic E-state index is 15.4. The number of nitrogens with zero attached hydrogens (tertiary/aromatic N) is 2. The topological polar surface area (TPSA) is 185 Å². The van der Waals surface area contributed by atoms with Crippen LogP contribution in [0.2, 0.25) is 0 Å². The smallest absolute Gasteiger partial charge is 0.411 e. The third-order valence-corrected chi connectivity index (χ3v) is 10.6. The number of nitrogens with one attached hydrogen (secondary N) is 4. The minimum atomic E-state index is -1.22. The maximum atomic E-state index is 15.4. The number of halogens is 1. The molecule has 1 saturated heterocycles. The number of carbonyl (C=O) groups is 6. The molecule has 326 valence electrons. The van der Waals surface area contributed by atoms with Crippen LogP contribution >= 0.6 is 0 Å². The van der Waals surface area contributed by atoms with Crippen LogP contribution in [0.25, 0.3) is 0 Å². The quantitative estimate of drug-likeness (QED) is 0.116. The van der Waals surface area contributed by atoms with Gasteiger partial charge in [0.2, 0.25) is 11.8 Å². The Morgan fingerprint density at radius 1 is 0.855 bits per heavy atom. The molecule has 2 heterocycles. The van der Waals surface area contributed by atoms with Crippen molar-refractivity contribution in [1.29, 1.82) is 0 Å². The first-order chi connectivity index (χ1) is 29.6. The summed E-state index contributed by atoms with van der Waals surface area (Å²) in [6, 6.07) is 22.7. The lowest BCUT2D eigenvalue weighted by Gasteiger charge is -2.36. The number of anilines is 3. The molecule has 0 radical (unpaired) electrons. The third kappa shape index (κ3) is 11.3. The summed E-state index contributed by atoms with van der Waals surface area (Å²) in [5.41, 5.74) is 1.79. The first kappa shape index (κ1) is 44.7. The molecule has 0 saturated carbocycles. The van der Waals surface area contributed by atoms with Gasteiger partial charge in [0, 0.05) is 43.7 Å². The fourth-order valence-corrected chi connectivity index (χ4v) is 7.11. The van der Waals surface area contributed by atoms with Crippen LogP contribution in [0.3, 0.4) is 0 Å². The van der Waals surface area contributed by atoms with Crippen LogP contribution < -0.4 is 21.3 Å². The molecular formula is C46H51FN6O9. The molecule has 0 aromatic heterocycles. The van der Waals surface area contributed by atoms with Crippen LogP contribution in [0.5, 0.6) is 0 Å². The Morgan fingerprint density at radius 2 is 1.50 bits per heavy atom. The van der Waals surface area contributed by atoms with Gasteiger partial charge in [0.05, 0.1) is 5.69 Å². The van der Waals surface area contributed by atoms with E-state index in [1.807, 2.05) is 30.3 Å². The first-order valence-electron chi connectivity index (χ1n) is 20.3. The zero-order chi connectivity index (χ0) is 44.6. The average Bonchev–Trinajstić information content (AvgIpc) is 3.65. The summed E-state index contributed by atoms with van der Waals surface area (Å²) >= 11 is 0. The number of hydrogen-bond acceptors (Lipinski definition) is 9. The van der Waals surface area contributed by atoms with E-state index in [1.165, 1.54) is 31.0 Å². The summed E-state index contributed by atoms with van der Waals surface area (Å²) in [6.07, 6.45) is -0.456. The molecule has 0 spiro atoms. The van der Waals surface area contributed by atoms with Crippen LogP contribution in [0.1, 0.15) is 73.6 Å². The van der Waals surface area contributed by atoms with Gasteiger partial charge in [-0.15, -0.1) is 0 Å². The lowest BCUT2D eigenvalue weighted by molar-refractivity contribution is -0.144. The Labute approximate surface area is 359 Å². The van der Waals surface area contributed by atoms with Crippen LogP contribution in [-0.2, 0) is 41.7 Å². The van der Waals surface area contributed by atoms with Crippen molar-refractivity contribution in [2.45, 2.75) is 77.4 Å². The maximum Gasteiger partial charge on any atom is 0.411 e. The molecule has 0 bridgehead atoms. The van der Waals surface area contributed by atoms with Gasteiger partial charge in [-0.2, -0.15) is 0 Å². The van der Waals surface area contributed by atoms with Crippen LogP contribution in [0.4, 0.5) is 31.0 Å². The number of likely N-dealkylation sites (N-methyl/N-ethyl adjacent to an activating group) is 1. The highest BCUT2D eigenvalue weighted by Gasteiger charge is 2.44. The monoisotopic (exact) mass is 850 g/mol. The van der Waals surface area contributed by atoms with E-state index >= 15 is 4.39 Å². The number of rotatable bonds is 12. The van der Waals surface area contributed by atoms with Gasteiger partial charge >= 0.3 is 12.2 Å². The fraction of sp³-hybridized carbons (Fsp3) is 0.348. The van der Waals surface area contributed by atoms with E-state index in [1.54, 1.807) is 69.3 Å². The average molecular weight is 851 g/mol. The molecule has 4 aromatic rings. The minimum Gasteiger partial charge on any atom is -0.444 e. The molecule has 16 heteroatoms. The summed E-state index contributed by atoms with van der Waals surface area (Å²) < 4.78 is 31.6. The van der Waals surface area contributed by atoms with Gasteiger partial charge in [-0.05, 0) is 106 Å². The summed E-state index contributed by atoms with van der Waals surface area (Å²) in [7, 11) is 1.43. The Bertz CT molecular complexity index is 2280. The molecule has 2 aliphatic heterocycles.